The highest BCUT2D eigenvalue weighted by atomic mass is 15.1. The number of aromatic nitrogens is 3. The molecule has 0 aliphatic heterocycles. The van der Waals surface area contributed by atoms with Gasteiger partial charge in [-0.3, -0.25) is 0 Å². The maximum Gasteiger partial charge on any atom is 0.140 e. The fourth-order valence-corrected chi connectivity index (χ4v) is 7.39. The molecular weight excluding hydrogens is 583 g/mol. The predicted molar refractivity (Wildman–Crippen MR) is 202 cm³/mol. The quantitative estimate of drug-likeness (QED) is 0.189. The highest BCUT2D eigenvalue weighted by molar-refractivity contribution is 6.21. The molecule has 2 aromatic heterocycles. The molecule has 0 saturated heterocycles. The Morgan fingerprint density at radius 2 is 1.04 bits per heavy atom. The zero-order valence-electron chi connectivity index (χ0n) is 26.9. The van der Waals surface area contributed by atoms with Crippen molar-refractivity contribution in [3.63, 3.8) is 0 Å². The van der Waals surface area contributed by atoms with Gasteiger partial charge in [0.1, 0.15) is 5.82 Å². The Kier molecular flexibility index (Phi) is 6.58. The van der Waals surface area contributed by atoms with E-state index in [1.54, 1.807) is 0 Å². The number of rotatable bonds is 5. The van der Waals surface area contributed by atoms with Crippen molar-refractivity contribution in [1.82, 2.24) is 14.1 Å². The molecule has 0 spiro atoms. The van der Waals surface area contributed by atoms with Gasteiger partial charge in [-0.2, -0.15) is 0 Å². The summed E-state index contributed by atoms with van der Waals surface area (Å²) in [6, 6.07) is 59.0. The van der Waals surface area contributed by atoms with Gasteiger partial charge in [0, 0.05) is 34.6 Å². The number of hydrogen-bond donors (Lipinski definition) is 0. The minimum absolute atomic E-state index is 0.964. The lowest BCUT2D eigenvalue weighted by atomic mass is 9.85. The summed E-state index contributed by atoms with van der Waals surface area (Å²) >= 11 is 0. The predicted octanol–water partition coefficient (Wildman–Crippen LogP) is 11.6. The molecule has 0 saturated carbocycles. The van der Waals surface area contributed by atoms with Gasteiger partial charge in [-0.15, -0.1) is 0 Å². The van der Waals surface area contributed by atoms with E-state index in [1.165, 1.54) is 60.8 Å². The van der Waals surface area contributed by atoms with Crippen molar-refractivity contribution in [3.05, 3.63) is 169 Å². The average Bonchev–Trinajstić information content (AvgIpc) is 3.65. The summed E-state index contributed by atoms with van der Waals surface area (Å²) in [5.41, 5.74) is 15.2. The molecule has 9 aromatic rings. The largest absolute Gasteiger partial charge is 0.327 e. The normalized spacial score (nSPS) is 11.5. The van der Waals surface area contributed by atoms with Gasteiger partial charge in [-0.1, -0.05) is 133 Å². The molecule has 228 valence electrons. The van der Waals surface area contributed by atoms with Gasteiger partial charge in [-0.05, 0) is 71.1 Å². The monoisotopic (exact) mass is 615 g/mol. The number of fused-ring (bicyclic) bond motifs is 4. The molecule has 0 aliphatic rings. The van der Waals surface area contributed by atoms with E-state index in [1.807, 2.05) is 6.07 Å². The summed E-state index contributed by atoms with van der Waals surface area (Å²) in [6.07, 6.45) is 0. The van der Waals surface area contributed by atoms with Gasteiger partial charge in [0.15, 0.2) is 0 Å². The second-order valence-corrected chi connectivity index (χ2v) is 12.6. The van der Waals surface area contributed by atoms with Gasteiger partial charge in [0.25, 0.3) is 0 Å². The van der Waals surface area contributed by atoms with Crippen LogP contribution in [0.2, 0.25) is 0 Å². The van der Waals surface area contributed by atoms with Crippen molar-refractivity contribution in [2.24, 2.45) is 7.05 Å². The Hall–Kier alpha value is -6.19. The number of imidazole rings is 1. The van der Waals surface area contributed by atoms with Crippen LogP contribution in [0.4, 0.5) is 0 Å². The van der Waals surface area contributed by atoms with Gasteiger partial charge >= 0.3 is 0 Å². The van der Waals surface area contributed by atoms with Crippen molar-refractivity contribution in [2.75, 3.05) is 0 Å². The first kappa shape index (κ1) is 28.1. The van der Waals surface area contributed by atoms with Crippen LogP contribution in [0.3, 0.4) is 0 Å². The minimum Gasteiger partial charge on any atom is -0.327 e. The summed E-state index contributed by atoms with van der Waals surface area (Å²) in [5.74, 6) is 0.964. The van der Waals surface area contributed by atoms with E-state index in [0.717, 1.165) is 28.1 Å². The van der Waals surface area contributed by atoms with Crippen molar-refractivity contribution in [2.45, 2.75) is 6.92 Å². The molecule has 3 nitrogen and oxygen atoms in total. The van der Waals surface area contributed by atoms with E-state index in [0.29, 0.717) is 0 Å². The zero-order chi connectivity index (χ0) is 32.2. The lowest BCUT2D eigenvalue weighted by Crippen LogP contribution is -1.97. The molecule has 0 bridgehead atoms. The first-order valence-corrected chi connectivity index (χ1v) is 16.5. The number of hydrogen-bond acceptors (Lipinski definition) is 1. The molecule has 0 unspecified atom stereocenters. The van der Waals surface area contributed by atoms with Crippen LogP contribution in [0.1, 0.15) is 5.56 Å². The number of benzene rings is 7. The Bertz CT molecular complexity index is 2600. The second kappa shape index (κ2) is 11.3. The van der Waals surface area contributed by atoms with Crippen molar-refractivity contribution in [1.29, 1.82) is 0 Å². The molecule has 2 heterocycles. The highest BCUT2D eigenvalue weighted by Crippen LogP contribution is 2.48. The summed E-state index contributed by atoms with van der Waals surface area (Å²) in [6.45, 7) is 2.19. The fourth-order valence-electron chi connectivity index (χ4n) is 7.39. The van der Waals surface area contributed by atoms with E-state index in [-0.39, 0.29) is 0 Å². The summed E-state index contributed by atoms with van der Waals surface area (Å²) in [7, 11) is 2.10. The Labute approximate surface area is 280 Å². The molecule has 0 aliphatic carbocycles. The first-order valence-electron chi connectivity index (χ1n) is 16.5. The van der Waals surface area contributed by atoms with Gasteiger partial charge < -0.3 is 9.13 Å². The highest BCUT2D eigenvalue weighted by Gasteiger charge is 2.24. The molecule has 7 aromatic carbocycles. The smallest absolute Gasteiger partial charge is 0.140 e. The lowest BCUT2D eigenvalue weighted by molar-refractivity contribution is 0.959. The molecule has 0 atom stereocenters. The Morgan fingerprint density at radius 3 is 1.69 bits per heavy atom. The van der Waals surface area contributed by atoms with Crippen LogP contribution < -0.4 is 0 Å². The Morgan fingerprint density at radius 1 is 0.479 bits per heavy atom. The molecule has 0 fully saturated rings. The molecule has 48 heavy (non-hydrogen) atoms. The third kappa shape index (κ3) is 4.47. The standard InChI is InChI=1S/C45H33N3/c1-30-23-25-39-37(27-30)44-41(48(39)35-24-26-40-38(28-35)46-45(47(40)2)34-21-13-6-14-22-34)29-36(31-15-7-3-8-16-31)42(32-17-9-4-10-18-32)43(44)33-19-11-5-12-20-33/h3-29H,1-2H3. The van der Waals surface area contributed by atoms with Crippen LogP contribution in [0.5, 0.6) is 0 Å². The molecule has 0 amide bonds. The third-order valence-corrected chi connectivity index (χ3v) is 9.57. The molecular formula is C45H33N3. The van der Waals surface area contributed by atoms with E-state index in [4.69, 9.17) is 4.98 Å². The van der Waals surface area contributed by atoms with E-state index >= 15 is 0 Å². The van der Waals surface area contributed by atoms with E-state index in [2.05, 4.69) is 181 Å². The molecule has 0 radical (unpaired) electrons. The number of nitrogens with zero attached hydrogens (tertiary/aromatic N) is 3. The summed E-state index contributed by atoms with van der Waals surface area (Å²) < 4.78 is 4.63. The minimum atomic E-state index is 0.964. The first-order chi connectivity index (χ1) is 23.7. The van der Waals surface area contributed by atoms with E-state index in [9.17, 15) is 0 Å². The number of aryl methyl sites for hydroxylation is 2. The van der Waals surface area contributed by atoms with Crippen molar-refractivity contribution in [3.8, 4) is 50.5 Å². The van der Waals surface area contributed by atoms with Crippen LogP contribution in [0.15, 0.2) is 164 Å². The van der Waals surface area contributed by atoms with Crippen LogP contribution in [0, 0.1) is 6.92 Å². The summed E-state index contributed by atoms with van der Waals surface area (Å²) in [5, 5.41) is 2.50. The van der Waals surface area contributed by atoms with Crippen LogP contribution >= 0.6 is 0 Å². The zero-order valence-corrected chi connectivity index (χ0v) is 26.9. The lowest BCUT2D eigenvalue weighted by Gasteiger charge is -2.19. The van der Waals surface area contributed by atoms with E-state index < -0.39 is 0 Å². The topological polar surface area (TPSA) is 22.8 Å². The van der Waals surface area contributed by atoms with Gasteiger partial charge in [0.05, 0.1) is 22.1 Å². The van der Waals surface area contributed by atoms with Gasteiger partial charge in [-0.25, -0.2) is 4.98 Å². The van der Waals surface area contributed by atoms with Gasteiger partial charge in [0.2, 0.25) is 0 Å². The van der Waals surface area contributed by atoms with Crippen LogP contribution in [-0.4, -0.2) is 14.1 Å². The third-order valence-electron chi connectivity index (χ3n) is 9.57. The SMILES string of the molecule is Cc1ccc2c(c1)c1c(-c3ccccc3)c(-c3ccccc3)c(-c3ccccc3)cc1n2-c1ccc2c(c1)nc(-c1ccccc1)n2C. The molecule has 3 heteroatoms. The van der Waals surface area contributed by atoms with Crippen LogP contribution in [-0.2, 0) is 7.05 Å². The van der Waals surface area contributed by atoms with Crippen LogP contribution in [0.25, 0.3) is 83.3 Å². The van der Waals surface area contributed by atoms with Crippen molar-refractivity contribution < 1.29 is 0 Å². The molecule has 9 rings (SSSR count). The summed E-state index contributed by atoms with van der Waals surface area (Å²) in [4.78, 5) is 5.16. The average molecular weight is 616 g/mol. The maximum atomic E-state index is 5.16. The Balaban J connectivity index is 1.43. The van der Waals surface area contributed by atoms with Crippen molar-refractivity contribution >= 4 is 32.8 Å². The maximum absolute atomic E-state index is 5.16. The molecule has 0 N–H and O–H groups in total. The second-order valence-electron chi connectivity index (χ2n) is 12.6. The fraction of sp³-hybridized carbons (Fsp3) is 0.0444.